The van der Waals surface area contributed by atoms with E-state index in [1.807, 2.05) is 39.2 Å². The van der Waals surface area contributed by atoms with E-state index in [9.17, 15) is 5.26 Å². The number of hydrogen-bond acceptors (Lipinski definition) is 8. The van der Waals surface area contributed by atoms with E-state index in [0.717, 1.165) is 24.6 Å². The molecule has 0 amide bonds. The molecule has 3 rings (SSSR count). The van der Waals surface area contributed by atoms with Gasteiger partial charge >= 0.3 is 0 Å². The maximum Gasteiger partial charge on any atom is 0.177 e. The topological polar surface area (TPSA) is 99.7 Å². The van der Waals surface area contributed by atoms with Crippen LogP contribution >= 0.6 is 0 Å². The smallest absolute Gasteiger partial charge is 0.177 e. The summed E-state index contributed by atoms with van der Waals surface area (Å²) in [6.07, 6.45) is 0. The number of ether oxygens (including phenoxy) is 2. The maximum absolute atomic E-state index is 9.76. The summed E-state index contributed by atoms with van der Waals surface area (Å²) in [6.45, 7) is 3.50. The third-order valence-corrected chi connectivity index (χ3v) is 4.31. The van der Waals surface area contributed by atoms with Crippen LogP contribution in [0.1, 0.15) is 11.3 Å². The molecule has 9 nitrogen and oxygen atoms in total. The number of anilines is 3. The van der Waals surface area contributed by atoms with Gasteiger partial charge in [0.25, 0.3) is 0 Å². The highest BCUT2D eigenvalue weighted by atomic mass is 16.5. The number of methoxy groups -OCH3 is 2. The number of likely N-dealkylation sites (N-methyl/N-ethyl adjacent to an activating group) is 1. The first kappa shape index (κ1) is 20.2. The quantitative estimate of drug-likeness (QED) is 0.600. The van der Waals surface area contributed by atoms with Gasteiger partial charge in [0, 0.05) is 48.7 Å². The molecule has 2 aromatic heterocycles. The van der Waals surface area contributed by atoms with Crippen LogP contribution in [0.25, 0.3) is 5.65 Å². The minimum atomic E-state index is 0.367. The van der Waals surface area contributed by atoms with Gasteiger partial charge in [0.05, 0.1) is 14.2 Å². The lowest BCUT2D eigenvalue weighted by Gasteiger charge is -2.12. The molecule has 0 aliphatic rings. The zero-order valence-electron chi connectivity index (χ0n) is 17.3. The number of rotatable bonds is 8. The van der Waals surface area contributed by atoms with Crippen molar-refractivity contribution >= 4 is 23.0 Å². The van der Waals surface area contributed by atoms with Gasteiger partial charge in [0.1, 0.15) is 28.9 Å². The molecule has 3 aromatic rings. The van der Waals surface area contributed by atoms with Gasteiger partial charge in [-0.05, 0) is 21.0 Å². The molecule has 0 atom stereocenters. The average Bonchev–Trinajstić information content (AvgIpc) is 3.04. The number of benzene rings is 1. The van der Waals surface area contributed by atoms with Gasteiger partial charge in [-0.2, -0.15) is 9.78 Å². The van der Waals surface area contributed by atoms with Crippen LogP contribution in [-0.2, 0) is 0 Å². The Balaban J connectivity index is 2.02. The van der Waals surface area contributed by atoms with E-state index in [1.165, 1.54) is 0 Å². The fourth-order valence-electron chi connectivity index (χ4n) is 2.88. The number of fused-ring (bicyclic) bond motifs is 1. The second kappa shape index (κ2) is 8.67. The highest BCUT2D eigenvalue weighted by Gasteiger charge is 2.17. The molecule has 0 radical (unpaired) electrons. The minimum Gasteiger partial charge on any atom is -0.497 e. The van der Waals surface area contributed by atoms with Crippen LogP contribution < -0.4 is 20.1 Å². The van der Waals surface area contributed by atoms with Gasteiger partial charge in [-0.1, -0.05) is 0 Å². The Morgan fingerprint density at radius 3 is 2.41 bits per heavy atom. The zero-order chi connectivity index (χ0) is 21.0. The van der Waals surface area contributed by atoms with Crippen molar-refractivity contribution in [3.05, 3.63) is 35.5 Å². The van der Waals surface area contributed by atoms with E-state index < -0.39 is 0 Å². The Kier molecular flexibility index (Phi) is 6.04. The van der Waals surface area contributed by atoms with Crippen LogP contribution in [0.15, 0.2) is 24.3 Å². The lowest BCUT2D eigenvalue weighted by molar-refractivity contribution is 0.395. The molecule has 29 heavy (non-hydrogen) atoms. The molecular weight excluding hydrogens is 370 g/mol. The third kappa shape index (κ3) is 4.50. The van der Waals surface area contributed by atoms with Crippen LogP contribution in [0.4, 0.5) is 17.3 Å². The molecule has 0 spiro atoms. The third-order valence-electron chi connectivity index (χ3n) is 4.31. The van der Waals surface area contributed by atoms with Crippen molar-refractivity contribution < 1.29 is 9.47 Å². The van der Waals surface area contributed by atoms with Gasteiger partial charge in [-0.15, -0.1) is 5.10 Å². The van der Waals surface area contributed by atoms with Gasteiger partial charge in [-0.25, -0.2) is 4.98 Å². The molecule has 0 saturated heterocycles. The van der Waals surface area contributed by atoms with Gasteiger partial charge in [-0.3, -0.25) is 0 Å². The molecular formula is C20H25N7O2. The second-order valence-corrected chi connectivity index (χ2v) is 6.81. The minimum absolute atomic E-state index is 0.367. The summed E-state index contributed by atoms with van der Waals surface area (Å²) in [7, 11) is 7.20. The average molecular weight is 395 g/mol. The first-order valence-corrected chi connectivity index (χ1v) is 9.14. The molecule has 9 heteroatoms. The Hall–Kier alpha value is -3.51. The standard InChI is InChI=1S/C20H25N7O2/c1-13-8-18(22-6-7-26(2)3)27-20(23-13)17(12-21)19(25-27)24-14-9-15(28-4)11-16(10-14)29-5/h8-11,22H,6-7H2,1-5H3,(H,24,25). The van der Waals surface area contributed by atoms with Crippen molar-refractivity contribution in [1.29, 1.82) is 5.26 Å². The van der Waals surface area contributed by atoms with Crippen LogP contribution in [0.3, 0.4) is 0 Å². The second-order valence-electron chi connectivity index (χ2n) is 6.81. The van der Waals surface area contributed by atoms with Crippen molar-refractivity contribution in [1.82, 2.24) is 19.5 Å². The number of nitriles is 1. The molecule has 0 fully saturated rings. The Morgan fingerprint density at radius 2 is 1.83 bits per heavy atom. The summed E-state index contributed by atoms with van der Waals surface area (Å²) < 4.78 is 12.3. The van der Waals surface area contributed by atoms with E-state index in [0.29, 0.717) is 34.2 Å². The van der Waals surface area contributed by atoms with Crippen molar-refractivity contribution in [3.8, 4) is 17.6 Å². The normalized spacial score (nSPS) is 10.8. The summed E-state index contributed by atoms with van der Waals surface area (Å²) in [5.41, 5.74) is 2.36. The Labute approximate surface area is 169 Å². The summed E-state index contributed by atoms with van der Waals surface area (Å²) in [5, 5.41) is 20.9. The number of nitrogens with one attached hydrogen (secondary N) is 2. The predicted octanol–water partition coefficient (Wildman–Crippen LogP) is 2.64. The molecule has 2 N–H and O–H groups in total. The van der Waals surface area contributed by atoms with Crippen molar-refractivity contribution in [2.75, 3.05) is 52.0 Å². The molecule has 1 aromatic carbocycles. The van der Waals surface area contributed by atoms with E-state index in [2.05, 4.69) is 31.7 Å². The number of hydrogen-bond donors (Lipinski definition) is 2. The molecule has 0 saturated carbocycles. The van der Waals surface area contributed by atoms with Gasteiger partial charge in [0.2, 0.25) is 0 Å². The summed E-state index contributed by atoms with van der Waals surface area (Å²) in [5.74, 6) is 2.46. The Morgan fingerprint density at radius 1 is 1.14 bits per heavy atom. The highest BCUT2D eigenvalue weighted by molar-refractivity contribution is 5.74. The van der Waals surface area contributed by atoms with Crippen molar-refractivity contribution in [2.45, 2.75) is 6.92 Å². The lowest BCUT2D eigenvalue weighted by Crippen LogP contribution is -2.21. The molecule has 2 heterocycles. The first-order valence-electron chi connectivity index (χ1n) is 9.14. The van der Waals surface area contributed by atoms with E-state index >= 15 is 0 Å². The number of aryl methyl sites for hydroxylation is 1. The number of aromatic nitrogens is 3. The maximum atomic E-state index is 9.76. The van der Waals surface area contributed by atoms with Crippen molar-refractivity contribution in [3.63, 3.8) is 0 Å². The molecule has 0 aliphatic heterocycles. The molecule has 0 unspecified atom stereocenters. The summed E-state index contributed by atoms with van der Waals surface area (Å²) in [4.78, 5) is 6.61. The van der Waals surface area contributed by atoms with Crippen LogP contribution in [0.5, 0.6) is 11.5 Å². The van der Waals surface area contributed by atoms with Crippen LogP contribution in [0, 0.1) is 18.3 Å². The van der Waals surface area contributed by atoms with E-state index in [-0.39, 0.29) is 0 Å². The summed E-state index contributed by atoms with van der Waals surface area (Å²) in [6, 6.07) is 9.52. The number of nitrogens with zero attached hydrogens (tertiary/aromatic N) is 5. The van der Waals surface area contributed by atoms with Gasteiger partial charge < -0.3 is 25.0 Å². The summed E-state index contributed by atoms with van der Waals surface area (Å²) >= 11 is 0. The van der Waals surface area contributed by atoms with Gasteiger partial charge in [0.15, 0.2) is 11.5 Å². The monoisotopic (exact) mass is 395 g/mol. The van der Waals surface area contributed by atoms with Crippen LogP contribution in [0.2, 0.25) is 0 Å². The fourth-order valence-corrected chi connectivity index (χ4v) is 2.88. The fraction of sp³-hybridized carbons (Fsp3) is 0.350. The van der Waals surface area contributed by atoms with Crippen LogP contribution in [-0.4, -0.2) is 60.9 Å². The Bertz CT molecular complexity index is 1030. The van der Waals surface area contributed by atoms with E-state index in [1.54, 1.807) is 24.8 Å². The molecule has 0 aliphatic carbocycles. The first-order chi connectivity index (χ1) is 13.9. The van der Waals surface area contributed by atoms with E-state index in [4.69, 9.17) is 9.47 Å². The predicted molar refractivity (Wildman–Crippen MR) is 112 cm³/mol. The van der Waals surface area contributed by atoms with Crippen molar-refractivity contribution in [2.24, 2.45) is 0 Å². The largest absolute Gasteiger partial charge is 0.497 e. The SMILES string of the molecule is COc1cc(Nc2nn3c(NCCN(C)C)cc(C)nc3c2C#N)cc(OC)c1. The lowest BCUT2D eigenvalue weighted by atomic mass is 10.2. The zero-order valence-corrected chi connectivity index (χ0v) is 17.3. The molecule has 152 valence electrons. The highest BCUT2D eigenvalue weighted by Crippen LogP contribution is 2.30. The molecule has 0 bridgehead atoms.